The molecule has 0 aliphatic rings. The maximum Gasteiger partial charge on any atom is 0.169 e. The first kappa shape index (κ1) is 12.3. The third kappa shape index (κ3) is 2.56. The molecule has 0 bridgehead atoms. The summed E-state index contributed by atoms with van der Waals surface area (Å²) >= 11 is 0. The van der Waals surface area contributed by atoms with E-state index in [1.165, 1.54) is 0 Å². The van der Waals surface area contributed by atoms with Gasteiger partial charge in [0.1, 0.15) is 5.75 Å². The Morgan fingerprint density at radius 2 is 2.06 bits per heavy atom. The van der Waals surface area contributed by atoms with Crippen LogP contribution in [0.4, 0.5) is 0 Å². The Morgan fingerprint density at radius 1 is 1.28 bits per heavy atom. The van der Waals surface area contributed by atoms with Crippen LogP contribution in [0.15, 0.2) is 42.7 Å². The van der Waals surface area contributed by atoms with E-state index >= 15 is 0 Å². The Morgan fingerprint density at radius 3 is 2.78 bits per heavy atom. The van der Waals surface area contributed by atoms with Gasteiger partial charge >= 0.3 is 0 Å². The second-order valence-electron chi connectivity index (χ2n) is 4.10. The Balaban J connectivity index is 2.24. The number of ether oxygens (including phenoxy) is 1. The summed E-state index contributed by atoms with van der Waals surface area (Å²) in [7, 11) is 1.61. The maximum atomic E-state index is 12.2. The monoisotopic (exact) mass is 241 g/mol. The Bertz CT molecular complexity index is 564. The molecule has 2 aromatic rings. The average molecular weight is 241 g/mol. The normalized spacial score (nSPS) is 10.1. The molecule has 0 aliphatic carbocycles. The van der Waals surface area contributed by atoms with Crippen molar-refractivity contribution in [3.8, 4) is 5.75 Å². The summed E-state index contributed by atoms with van der Waals surface area (Å²) in [5, 5.41) is 0. The van der Waals surface area contributed by atoms with Crippen LogP contribution in [-0.2, 0) is 6.42 Å². The first-order chi connectivity index (χ1) is 8.72. The van der Waals surface area contributed by atoms with Crippen LogP contribution in [0, 0.1) is 6.92 Å². The number of benzene rings is 1. The maximum absolute atomic E-state index is 12.2. The molecule has 0 saturated carbocycles. The molecule has 1 aromatic carbocycles. The predicted octanol–water partition coefficient (Wildman–Crippen LogP) is 2.82. The Labute approximate surface area is 106 Å². The highest BCUT2D eigenvalue weighted by molar-refractivity contribution is 5.98. The quantitative estimate of drug-likeness (QED) is 0.773. The fourth-order valence-corrected chi connectivity index (χ4v) is 1.87. The van der Waals surface area contributed by atoms with Crippen LogP contribution in [0.3, 0.4) is 0 Å². The number of pyridine rings is 1. The molecule has 0 N–H and O–H groups in total. The van der Waals surface area contributed by atoms with E-state index in [1.54, 1.807) is 19.5 Å². The fraction of sp³-hybridized carbons (Fsp3) is 0.200. The number of hydrogen-bond acceptors (Lipinski definition) is 3. The van der Waals surface area contributed by atoms with Gasteiger partial charge in [-0.3, -0.25) is 9.78 Å². The second-order valence-corrected chi connectivity index (χ2v) is 4.10. The lowest BCUT2D eigenvalue weighted by atomic mass is 10.0. The third-order valence-electron chi connectivity index (χ3n) is 2.88. The number of para-hydroxylation sites is 1. The van der Waals surface area contributed by atoms with Crippen molar-refractivity contribution in [2.75, 3.05) is 7.11 Å². The SMILES string of the molecule is COc1ccccc1CC(=O)c1cnccc1C. The smallest absolute Gasteiger partial charge is 0.169 e. The van der Waals surface area contributed by atoms with E-state index in [1.807, 2.05) is 37.3 Å². The molecule has 0 amide bonds. The van der Waals surface area contributed by atoms with E-state index < -0.39 is 0 Å². The lowest BCUT2D eigenvalue weighted by Crippen LogP contribution is -2.07. The summed E-state index contributed by atoms with van der Waals surface area (Å²) in [6, 6.07) is 9.40. The van der Waals surface area contributed by atoms with Crippen LogP contribution in [0.5, 0.6) is 5.75 Å². The molecule has 0 atom stereocenters. The number of Topliss-reactive ketones (excluding diaryl/α,β-unsaturated/α-hetero) is 1. The van der Waals surface area contributed by atoms with Gasteiger partial charge < -0.3 is 4.74 Å². The number of aromatic nitrogens is 1. The average Bonchev–Trinajstić information content (AvgIpc) is 2.39. The second kappa shape index (κ2) is 5.45. The number of methoxy groups -OCH3 is 1. The van der Waals surface area contributed by atoms with Crippen LogP contribution in [0.25, 0.3) is 0 Å². The summed E-state index contributed by atoms with van der Waals surface area (Å²) < 4.78 is 5.24. The van der Waals surface area contributed by atoms with Crippen molar-refractivity contribution in [2.24, 2.45) is 0 Å². The van der Waals surface area contributed by atoms with Crippen molar-refractivity contribution in [1.29, 1.82) is 0 Å². The van der Waals surface area contributed by atoms with Gasteiger partial charge in [0.2, 0.25) is 0 Å². The van der Waals surface area contributed by atoms with Crippen LogP contribution in [0.1, 0.15) is 21.5 Å². The van der Waals surface area contributed by atoms with Crippen molar-refractivity contribution in [1.82, 2.24) is 4.98 Å². The van der Waals surface area contributed by atoms with Crippen LogP contribution >= 0.6 is 0 Å². The van der Waals surface area contributed by atoms with Crippen molar-refractivity contribution in [3.05, 3.63) is 59.4 Å². The standard InChI is InChI=1S/C15H15NO2/c1-11-7-8-16-10-13(11)14(17)9-12-5-3-4-6-15(12)18-2/h3-8,10H,9H2,1-2H3. The molecule has 3 nitrogen and oxygen atoms in total. The van der Waals surface area contributed by atoms with E-state index in [4.69, 9.17) is 4.74 Å². The molecular formula is C15H15NO2. The molecule has 0 aliphatic heterocycles. The largest absolute Gasteiger partial charge is 0.496 e. The van der Waals surface area contributed by atoms with Gasteiger partial charge in [0.15, 0.2) is 5.78 Å². The number of carbonyl (C=O) groups excluding carboxylic acids is 1. The molecular weight excluding hydrogens is 226 g/mol. The van der Waals surface area contributed by atoms with Gasteiger partial charge in [-0.05, 0) is 24.6 Å². The Kier molecular flexibility index (Phi) is 3.72. The van der Waals surface area contributed by atoms with E-state index in [9.17, 15) is 4.79 Å². The van der Waals surface area contributed by atoms with Gasteiger partial charge in [-0.2, -0.15) is 0 Å². The topological polar surface area (TPSA) is 39.2 Å². The first-order valence-electron chi connectivity index (χ1n) is 5.78. The van der Waals surface area contributed by atoms with Gasteiger partial charge in [-0.25, -0.2) is 0 Å². The van der Waals surface area contributed by atoms with E-state index in [0.717, 1.165) is 16.9 Å². The lowest BCUT2D eigenvalue weighted by Gasteiger charge is -2.08. The first-order valence-corrected chi connectivity index (χ1v) is 5.78. The molecule has 92 valence electrons. The van der Waals surface area contributed by atoms with Crippen LogP contribution in [-0.4, -0.2) is 17.9 Å². The highest BCUT2D eigenvalue weighted by Crippen LogP contribution is 2.20. The van der Waals surface area contributed by atoms with Crippen molar-refractivity contribution < 1.29 is 9.53 Å². The molecule has 0 spiro atoms. The lowest BCUT2D eigenvalue weighted by molar-refractivity contribution is 0.0991. The summed E-state index contributed by atoms with van der Waals surface area (Å²) in [4.78, 5) is 16.2. The van der Waals surface area contributed by atoms with Gasteiger partial charge in [0.05, 0.1) is 7.11 Å². The summed E-state index contributed by atoms with van der Waals surface area (Å²) in [5.41, 5.74) is 2.52. The predicted molar refractivity (Wildman–Crippen MR) is 70.0 cm³/mol. The highest BCUT2D eigenvalue weighted by Gasteiger charge is 2.12. The molecule has 3 heteroatoms. The third-order valence-corrected chi connectivity index (χ3v) is 2.88. The zero-order valence-corrected chi connectivity index (χ0v) is 10.5. The van der Waals surface area contributed by atoms with Crippen LogP contribution in [0.2, 0.25) is 0 Å². The molecule has 0 unspecified atom stereocenters. The number of ketones is 1. The van der Waals surface area contributed by atoms with Gasteiger partial charge in [-0.1, -0.05) is 18.2 Å². The van der Waals surface area contributed by atoms with E-state index in [0.29, 0.717) is 12.0 Å². The number of aryl methyl sites for hydroxylation is 1. The minimum atomic E-state index is 0.0603. The summed E-state index contributed by atoms with van der Waals surface area (Å²) in [6.45, 7) is 1.91. The van der Waals surface area contributed by atoms with Crippen molar-refractivity contribution in [3.63, 3.8) is 0 Å². The molecule has 0 fully saturated rings. The van der Waals surface area contributed by atoms with Gasteiger partial charge in [-0.15, -0.1) is 0 Å². The molecule has 0 saturated heterocycles. The number of rotatable bonds is 4. The minimum absolute atomic E-state index is 0.0603. The number of hydrogen-bond donors (Lipinski definition) is 0. The number of nitrogens with zero attached hydrogens (tertiary/aromatic N) is 1. The Hall–Kier alpha value is -2.16. The molecule has 0 radical (unpaired) electrons. The summed E-state index contributed by atoms with van der Waals surface area (Å²) in [5.74, 6) is 0.803. The molecule has 18 heavy (non-hydrogen) atoms. The molecule has 1 aromatic heterocycles. The van der Waals surface area contributed by atoms with Crippen molar-refractivity contribution >= 4 is 5.78 Å². The molecule has 2 rings (SSSR count). The zero-order valence-electron chi connectivity index (χ0n) is 10.5. The van der Waals surface area contributed by atoms with Gasteiger partial charge in [0, 0.05) is 29.9 Å². The highest BCUT2D eigenvalue weighted by atomic mass is 16.5. The van der Waals surface area contributed by atoms with Gasteiger partial charge in [0.25, 0.3) is 0 Å². The number of carbonyl (C=O) groups is 1. The minimum Gasteiger partial charge on any atom is -0.496 e. The van der Waals surface area contributed by atoms with Crippen LogP contribution < -0.4 is 4.74 Å². The zero-order chi connectivity index (χ0) is 13.0. The fourth-order valence-electron chi connectivity index (χ4n) is 1.87. The molecule has 1 heterocycles. The summed E-state index contributed by atoms with van der Waals surface area (Å²) in [6.07, 6.45) is 3.64. The van der Waals surface area contributed by atoms with E-state index in [-0.39, 0.29) is 5.78 Å². The van der Waals surface area contributed by atoms with E-state index in [2.05, 4.69) is 4.98 Å². The van der Waals surface area contributed by atoms with Crippen molar-refractivity contribution in [2.45, 2.75) is 13.3 Å².